The summed E-state index contributed by atoms with van der Waals surface area (Å²) < 4.78 is 35.2. The van der Waals surface area contributed by atoms with Gasteiger partial charge in [-0.05, 0) is 63.7 Å². The molecule has 0 spiro atoms. The van der Waals surface area contributed by atoms with E-state index in [9.17, 15) is 9.59 Å². The zero-order valence-electron chi connectivity index (χ0n) is 30.7. The summed E-state index contributed by atoms with van der Waals surface area (Å²) in [6.07, 6.45) is 4.16. The van der Waals surface area contributed by atoms with Crippen LogP contribution >= 0.6 is 0 Å². The molecule has 1 saturated heterocycles. The zero-order valence-corrected chi connectivity index (χ0v) is 31.7. The highest BCUT2D eigenvalue weighted by molar-refractivity contribution is 6.74. The first-order valence-corrected chi connectivity index (χ1v) is 19.3. The van der Waals surface area contributed by atoms with Crippen LogP contribution in [0.5, 0.6) is 17.4 Å². The van der Waals surface area contributed by atoms with E-state index in [0.29, 0.717) is 36.1 Å². The van der Waals surface area contributed by atoms with Gasteiger partial charge in [0.1, 0.15) is 29.2 Å². The number of fused-ring (bicyclic) bond motifs is 1. The molecule has 1 aromatic carbocycles. The van der Waals surface area contributed by atoms with E-state index in [1.165, 1.54) is 12.0 Å². The van der Waals surface area contributed by atoms with Gasteiger partial charge in [0.05, 0.1) is 32.9 Å². The van der Waals surface area contributed by atoms with Gasteiger partial charge >= 0.3 is 12.1 Å². The van der Waals surface area contributed by atoms with Gasteiger partial charge in [-0.2, -0.15) is 0 Å². The molecule has 1 aliphatic rings. The summed E-state index contributed by atoms with van der Waals surface area (Å²) in [7, 11) is 1.08. The van der Waals surface area contributed by atoms with Crippen molar-refractivity contribution in [3.05, 3.63) is 29.8 Å². The van der Waals surface area contributed by atoms with Crippen molar-refractivity contribution in [2.24, 2.45) is 5.41 Å². The molecule has 1 aromatic heterocycles. The number of carbonyl (C=O) groups excluding carboxylic acids is 2. The van der Waals surface area contributed by atoms with Crippen molar-refractivity contribution >= 4 is 37.4 Å². The largest absolute Gasteiger partial charge is 0.496 e. The maximum absolute atomic E-state index is 13.0. The minimum absolute atomic E-state index is 0.0585. The fraction of sp³-hybridized carbons (Fsp3) is 0.639. The maximum atomic E-state index is 13.0. The third-order valence-corrected chi connectivity index (χ3v) is 13.1. The van der Waals surface area contributed by atoms with Crippen molar-refractivity contribution in [3.8, 4) is 17.4 Å². The highest BCUT2D eigenvalue weighted by Gasteiger charge is 2.43. The quantitative estimate of drug-likeness (QED) is 0.164. The molecule has 2 heterocycles. The highest BCUT2D eigenvalue weighted by Crippen LogP contribution is 2.39. The van der Waals surface area contributed by atoms with Crippen LogP contribution in [0.25, 0.3) is 17.0 Å². The van der Waals surface area contributed by atoms with Crippen LogP contribution in [-0.2, 0) is 18.7 Å². The van der Waals surface area contributed by atoms with Crippen LogP contribution in [0.4, 0.5) is 4.79 Å². The minimum atomic E-state index is -1.86. The topological polar surface area (TPSA) is 106 Å². The molecule has 3 rings (SSSR count). The second-order valence-corrected chi connectivity index (χ2v) is 20.3. The fourth-order valence-corrected chi connectivity index (χ4v) is 6.13. The van der Waals surface area contributed by atoms with E-state index in [2.05, 4.69) is 59.9 Å². The number of rotatable bonds is 12. The van der Waals surface area contributed by atoms with Gasteiger partial charge in [-0.25, -0.2) is 14.6 Å². The number of methoxy groups -OCH3 is 2. The van der Waals surface area contributed by atoms with Crippen molar-refractivity contribution in [2.75, 3.05) is 34.0 Å². The Morgan fingerprint density at radius 2 is 1.70 bits per heavy atom. The van der Waals surface area contributed by atoms with Crippen molar-refractivity contribution < 1.29 is 37.7 Å². The van der Waals surface area contributed by atoms with Crippen LogP contribution < -0.4 is 14.2 Å². The molecule has 1 aliphatic heterocycles. The minimum Gasteiger partial charge on any atom is -0.496 e. The summed E-state index contributed by atoms with van der Waals surface area (Å²) >= 11 is 0. The van der Waals surface area contributed by atoms with Crippen molar-refractivity contribution in [1.82, 2.24) is 9.88 Å². The molecule has 1 fully saturated rings. The molecule has 2 atom stereocenters. The molecule has 0 saturated carbocycles. The summed E-state index contributed by atoms with van der Waals surface area (Å²) in [5, 5.41) is 0.903. The highest BCUT2D eigenvalue weighted by atomic mass is 28.4. The molecule has 0 bridgehead atoms. The van der Waals surface area contributed by atoms with Crippen LogP contribution in [0.15, 0.2) is 24.3 Å². The van der Waals surface area contributed by atoms with Gasteiger partial charge in [0, 0.05) is 36.1 Å². The number of carbonyl (C=O) groups is 2. The summed E-state index contributed by atoms with van der Waals surface area (Å²) in [4.78, 5) is 31.8. The lowest BCUT2D eigenvalue weighted by atomic mass is 9.90. The Morgan fingerprint density at radius 3 is 2.28 bits per heavy atom. The Morgan fingerprint density at radius 1 is 1.02 bits per heavy atom. The summed E-state index contributed by atoms with van der Waals surface area (Å²) in [5.74, 6) is 1.07. The fourth-order valence-electron chi connectivity index (χ4n) is 4.94. The second-order valence-electron chi connectivity index (χ2n) is 15.5. The number of amides is 1. The number of pyridine rings is 1. The molecule has 0 unspecified atom stereocenters. The summed E-state index contributed by atoms with van der Waals surface area (Å²) in [6.45, 7) is 24.2. The Kier molecular flexibility index (Phi) is 12.0. The smallest absolute Gasteiger partial charge is 0.411 e. The van der Waals surface area contributed by atoms with Crippen LogP contribution in [0.3, 0.4) is 0 Å². The number of esters is 1. The number of hydrogen-bond donors (Lipinski definition) is 0. The van der Waals surface area contributed by atoms with Gasteiger partial charge in [-0.3, -0.25) is 4.90 Å². The molecule has 10 nitrogen and oxygen atoms in total. The zero-order chi connectivity index (χ0) is 35.4. The average Bonchev–Trinajstić information content (AvgIpc) is 3.38. The third-order valence-electron chi connectivity index (χ3n) is 8.65. The van der Waals surface area contributed by atoms with E-state index in [0.717, 1.165) is 17.4 Å². The predicted molar refractivity (Wildman–Crippen MR) is 188 cm³/mol. The molecule has 1 amide bonds. The number of likely N-dealkylation sites (tertiary alicyclic amines) is 1. The third kappa shape index (κ3) is 10.1. The number of aromatic nitrogens is 1. The molecule has 0 N–H and O–H groups in total. The van der Waals surface area contributed by atoms with Gasteiger partial charge in [0.25, 0.3) is 0 Å². The van der Waals surface area contributed by atoms with Gasteiger partial charge in [0.15, 0.2) is 8.32 Å². The van der Waals surface area contributed by atoms with Crippen molar-refractivity contribution in [2.45, 2.75) is 111 Å². The number of hydrogen-bond acceptors (Lipinski definition) is 9. The van der Waals surface area contributed by atoms with Crippen molar-refractivity contribution in [3.63, 3.8) is 0 Å². The van der Waals surface area contributed by atoms with Crippen LogP contribution in [0.1, 0.15) is 80.7 Å². The molecular weight excluding hydrogens is 616 g/mol. The van der Waals surface area contributed by atoms with E-state index in [1.54, 1.807) is 33.9 Å². The standard InChI is InChI=1S/C36H56N2O8Si/c1-14-43-31-21-30(45-25-19-28(32(39)42-11)38(22-25)33(40)46-34(2,3)4)26-18-24(29(41-10)20-27(26)37-31)16-15-17-36(8,9)23-44-47(12,13)35(5,6)7/h15-16,18,20-21,25,28H,14,17,19,22-23H2,1-13H3/b16-15+/t25-,28+/m1/s1. The Balaban J connectivity index is 1.93. The first-order valence-electron chi connectivity index (χ1n) is 16.4. The van der Waals surface area contributed by atoms with Gasteiger partial charge in [0.2, 0.25) is 5.88 Å². The lowest BCUT2D eigenvalue weighted by molar-refractivity contribution is -0.145. The predicted octanol–water partition coefficient (Wildman–Crippen LogP) is 8.02. The molecule has 0 aliphatic carbocycles. The maximum Gasteiger partial charge on any atom is 0.411 e. The van der Waals surface area contributed by atoms with Gasteiger partial charge < -0.3 is 28.1 Å². The Hall–Kier alpha value is -3.31. The lowest BCUT2D eigenvalue weighted by Crippen LogP contribution is -2.44. The van der Waals surface area contributed by atoms with E-state index >= 15 is 0 Å². The summed E-state index contributed by atoms with van der Waals surface area (Å²) in [5.41, 5.74) is 0.720. The number of allylic oxidation sites excluding steroid dienone is 1. The van der Waals surface area contributed by atoms with Gasteiger partial charge in [-0.15, -0.1) is 0 Å². The normalized spacial score (nSPS) is 17.7. The van der Waals surface area contributed by atoms with Gasteiger partial charge in [-0.1, -0.05) is 46.8 Å². The Bertz CT molecular complexity index is 1440. The van der Waals surface area contributed by atoms with Crippen LogP contribution in [0.2, 0.25) is 18.1 Å². The number of nitrogens with zero attached hydrogens (tertiary/aromatic N) is 2. The molecular formula is C36H56N2O8Si. The molecule has 262 valence electrons. The molecule has 2 aromatic rings. The van der Waals surface area contributed by atoms with E-state index in [4.69, 9.17) is 33.1 Å². The molecule has 0 radical (unpaired) electrons. The first kappa shape index (κ1) is 38.1. The first-order chi connectivity index (χ1) is 21.7. The summed E-state index contributed by atoms with van der Waals surface area (Å²) in [6, 6.07) is 4.77. The van der Waals surface area contributed by atoms with Crippen LogP contribution in [-0.4, -0.2) is 82.0 Å². The molecule has 11 heteroatoms. The van der Waals surface area contributed by atoms with Crippen molar-refractivity contribution in [1.29, 1.82) is 0 Å². The van der Waals surface area contributed by atoms with E-state index in [-0.39, 0.29) is 23.4 Å². The van der Waals surface area contributed by atoms with E-state index in [1.807, 2.05) is 19.1 Å². The average molecular weight is 673 g/mol. The molecule has 47 heavy (non-hydrogen) atoms. The lowest BCUT2D eigenvalue weighted by Gasteiger charge is -2.38. The Labute approximate surface area is 282 Å². The number of benzene rings is 1. The SMILES string of the molecule is CCOc1cc(O[C@@H]2C[C@@H](C(=O)OC)N(C(=O)OC(C)(C)C)C2)c2cc(/C=C/CC(C)(C)CO[Si](C)(C)C(C)(C)C)c(OC)cc2n1. The van der Waals surface area contributed by atoms with Crippen LogP contribution in [0, 0.1) is 5.41 Å². The number of ether oxygens (including phenoxy) is 5. The second kappa shape index (κ2) is 14.8. The monoisotopic (exact) mass is 672 g/mol. The van der Waals surface area contributed by atoms with E-state index < -0.39 is 38.1 Å².